The molecule has 1 saturated heterocycles. The standard InChI is InChI=1S/C16H20N2O/c1-3-5-9-14(4-2)17-12-13-18(16(17)19)15-10-7-6-8-11-15/h4-11H,3,12-13H2,1-2H3/b9-5-,14-4+. The maximum absolute atomic E-state index is 12.4. The Hall–Kier alpha value is -2.03. The van der Waals surface area contributed by atoms with E-state index in [1.54, 1.807) is 0 Å². The third-order valence-electron chi connectivity index (χ3n) is 3.21. The SMILES string of the molecule is C/C=C(\C=C/CC)N1CCN(c2ccccc2)C1=O. The number of carbonyl (C=O) groups excluding carboxylic acids is 1. The molecular weight excluding hydrogens is 236 g/mol. The maximum atomic E-state index is 12.4. The summed E-state index contributed by atoms with van der Waals surface area (Å²) in [5.74, 6) is 0. The van der Waals surface area contributed by atoms with Crippen LogP contribution in [-0.2, 0) is 0 Å². The number of carbonyl (C=O) groups is 1. The summed E-state index contributed by atoms with van der Waals surface area (Å²) in [7, 11) is 0. The Morgan fingerprint density at radius 1 is 1.26 bits per heavy atom. The zero-order chi connectivity index (χ0) is 13.7. The molecule has 19 heavy (non-hydrogen) atoms. The molecule has 0 aliphatic carbocycles. The predicted molar refractivity (Wildman–Crippen MR) is 79.1 cm³/mol. The number of allylic oxidation sites excluding steroid dienone is 3. The van der Waals surface area contributed by atoms with E-state index in [-0.39, 0.29) is 6.03 Å². The molecule has 1 aliphatic heterocycles. The summed E-state index contributed by atoms with van der Waals surface area (Å²) in [5, 5.41) is 0. The van der Waals surface area contributed by atoms with Gasteiger partial charge in [-0.25, -0.2) is 4.79 Å². The molecule has 1 fully saturated rings. The average molecular weight is 256 g/mol. The van der Waals surface area contributed by atoms with Crippen molar-refractivity contribution in [1.82, 2.24) is 4.90 Å². The highest BCUT2D eigenvalue weighted by atomic mass is 16.2. The highest BCUT2D eigenvalue weighted by Crippen LogP contribution is 2.23. The van der Waals surface area contributed by atoms with Gasteiger partial charge < -0.3 is 0 Å². The number of rotatable bonds is 4. The van der Waals surface area contributed by atoms with Gasteiger partial charge in [0.1, 0.15) is 0 Å². The molecule has 2 rings (SSSR count). The number of amides is 2. The summed E-state index contributed by atoms with van der Waals surface area (Å²) in [6.45, 7) is 5.53. The number of nitrogens with zero attached hydrogens (tertiary/aromatic N) is 2. The molecule has 3 heteroatoms. The molecule has 0 bridgehead atoms. The summed E-state index contributed by atoms with van der Waals surface area (Å²) in [5.41, 5.74) is 1.94. The molecular formula is C16H20N2O. The largest absolute Gasteiger partial charge is 0.329 e. The van der Waals surface area contributed by atoms with Crippen LogP contribution in [0.3, 0.4) is 0 Å². The van der Waals surface area contributed by atoms with Crippen LogP contribution in [-0.4, -0.2) is 24.0 Å². The molecule has 0 saturated carbocycles. The van der Waals surface area contributed by atoms with E-state index >= 15 is 0 Å². The maximum Gasteiger partial charge on any atom is 0.329 e. The fourth-order valence-corrected chi connectivity index (χ4v) is 2.20. The molecule has 0 radical (unpaired) electrons. The Kier molecular flexibility index (Phi) is 4.39. The zero-order valence-electron chi connectivity index (χ0n) is 11.5. The topological polar surface area (TPSA) is 23.6 Å². The van der Waals surface area contributed by atoms with Crippen molar-refractivity contribution in [2.75, 3.05) is 18.0 Å². The summed E-state index contributed by atoms with van der Waals surface area (Å²) in [6, 6.07) is 9.87. The van der Waals surface area contributed by atoms with Crippen LogP contribution >= 0.6 is 0 Å². The first-order chi connectivity index (χ1) is 9.27. The predicted octanol–water partition coefficient (Wildman–Crippen LogP) is 3.80. The van der Waals surface area contributed by atoms with E-state index in [1.807, 2.05) is 59.2 Å². The van der Waals surface area contributed by atoms with E-state index < -0.39 is 0 Å². The van der Waals surface area contributed by atoms with Gasteiger partial charge in [-0.2, -0.15) is 0 Å². The summed E-state index contributed by atoms with van der Waals surface area (Å²) >= 11 is 0. The Bertz CT molecular complexity index is 491. The second-order valence-corrected chi connectivity index (χ2v) is 4.45. The molecule has 1 aliphatic rings. The Balaban J connectivity index is 2.16. The normalized spacial score (nSPS) is 16.7. The van der Waals surface area contributed by atoms with Gasteiger partial charge in [0.25, 0.3) is 0 Å². The number of hydrogen-bond acceptors (Lipinski definition) is 1. The Morgan fingerprint density at radius 3 is 2.63 bits per heavy atom. The van der Waals surface area contributed by atoms with Crippen molar-refractivity contribution in [2.24, 2.45) is 0 Å². The van der Waals surface area contributed by atoms with Crippen LogP contribution in [0.4, 0.5) is 10.5 Å². The molecule has 100 valence electrons. The third kappa shape index (κ3) is 2.87. The van der Waals surface area contributed by atoms with Gasteiger partial charge in [0.15, 0.2) is 0 Å². The molecule has 0 aromatic heterocycles. The number of anilines is 1. The van der Waals surface area contributed by atoms with Gasteiger partial charge in [-0.1, -0.05) is 37.3 Å². The van der Waals surface area contributed by atoms with E-state index in [2.05, 4.69) is 13.0 Å². The van der Waals surface area contributed by atoms with Gasteiger partial charge in [-0.3, -0.25) is 9.80 Å². The van der Waals surface area contributed by atoms with Gasteiger partial charge in [-0.15, -0.1) is 0 Å². The molecule has 0 N–H and O–H groups in total. The van der Waals surface area contributed by atoms with Crippen molar-refractivity contribution in [3.8, 4) is 0 Å². The zero-order valence-corrected chi connectivity index (χ0v) is 11.5. The van der Waals surface area contributed by atoms with Gasteiger partial charge in [0.05, 0.1) is 0 Å². The first-order valence-electron chi connectivity index (χ1n) is 6.75. The number of para-hydroxylation sites is 1. The minimum Gasteiger partial charge on any atom is -0.293 e. The van der Waals surface area contributed by atoms with E-state index in [0.29, 0.717) is 0 Å². The highest BCUT2D eigenvalue weighted by molar-refractivity contribution is 5.95. The van der Waals surface area contributed by atoms with Crippen molar-refractivity contribution in [1.29, 1.82) is 0 Å². The van der Waals surface area contributed by atoms with Gasteiger partial charge >= 0.3 is 6.03 Å². The van der Waals surface area contributed by atoms with Crippen molar-refractivity contribution in [2.45, 2.75) is 20.3 Å². The number of urea groups is 1. The monoisotopic (exact) mass is 256 g/mol. The minimum absolute atomic E-state index is 0.0556. The van der Waals surface area contributed by atoms with Crippen LogP contribution in [0.25, 0.3) is 0 Å². The lowest BCUT2D eigenvalue weighted by molar-refractivity contribution is 0.231. The molecule has 0 unspecified atom stereocenters. The van der Waals surface area contributed by atoms with Crippen molar-refractivity contribution in [3.05, 3.63) is 54.3 Å². The first kappa shape index (κ1) is 13.4. The van der Waals surface area contributed by atoms with Crippen LogP contribution in [0.15, 0.2) is 54.3 Å². The lowest BCUT2D eigenvalue weighted by Gasteiger charge is -2.19. The fourth-order valence-electron chi connectivity index (χ4n) is 2.20. The van der Waals surface area contributed by atoms with E-state index in [0.717, 1.165) is 30.9 Å². The van der Waals surface area contributed by atoms with Crippen LogP contribution in [0, 0.1) is 0 Å². The van der Waals surface area contributed by atoms with Gasteiger partial charge in [0.2, 0.25) is 0 Å². The fraction of sp³-hybridized carbons (Fsp3) is 0.312. The third-order valence-corrected chi connectivity index (χ3v) is 3.21. The van der Waals surface area contributed by atoms with Crippen molar-refractivity contribution < 1.29 is 4.79 Å². The molecule has 1 aromatic rings. The average Bonchev–Trinajstić information content (AvgIpc) is 2.83. The van der Waals surface area contributed by atoms with Gasteiger partial charge in [0, 0.05) is 24.5 Å². The molecule has 3 nitrogen and oxygen atoms in total. The summed E-state index contributed by atoms with van der Waals surface area (Å²) in [6.07, 6.45) is 7.06. The highest BCUT2D eigenvalue weighted by Gasteiger charge is 2.30. The smallest absolute Gasteiger partial charge is 0.293 e. The first-order valence-corrected chi connectivity index (χ1v) is 6.75. The summed E-state index contributed by atoms with van der Waals surface area (Å²) < 4.78 is 0. The van der Waals surface area contributed by atoms with Crippen molar-refractivity contribution in [3.63, 3.8) is 0 Å². The number of hydrogen-bond donors (Lipinski definition) is 0. The molecule has 0 atom stereocenters. The van der Waals surface area contributed by atoms with Crippen LogP contribution < -0.4 is 4.90 Å². The number of benzene rings is 1. The van der Waals surface area contributed by atoms with Crippen LogP contribution in [0.5, 0.6) is 0 Å². The molecule has 1 aromatic carbocycles. The molecule has 0 spiro atoms. The van der Waals surface area contributed by atoms with E-state index in [9.17, 15) is 4.79 Å². The van der Waals surface area contributed by atoms with Crippen LogP contribution in [0.1, 0.15) is 20.3 Å². The quantitative estimate of drug-likeness (QED) is 0.752. The lowest BCUT2D eigenvalue weighted by Crippen LogP contribution is -2.30. The summed E-state index contributed by atoms with van der Waals surface area (Å²) in [4.78, 5) is 16.1. The van der Waals surface area contributed by atoms with Gasteiger partial charge in [-0.05, 0) is 31.6 Å². The second-order valence-electron chi connectivity index (χ2n) is 4.45. The molecule has 1 heterocycles. The second kappa shape index (κ2) is 6.23. The Labute approximate surface area is 114 Å². The molecule has 2 amide bonds. The van der Waals surface area contributed by atoms with E-state index in [4.69, 9.17) is 0 Å². The van der Waals surface area contributed by atoms with Crippen molar-refractivity contribution >= 4 is 11.7 Å². The minimum atomic E-state index is 0.0556. The Morgan fingerprint density at radius 2 is 2.00 bits per heavy atom. The van der Waals surface area contributed by atoms with Crippen LogP contribution in [0.2, 0.25) is 0 Å². The van der Waals surface area contributed by atoms with E-state index in [1.165, 1.54) is 0 Å². The lowest BCUT2D eigenvalue weighted by atomic mass is 10.3.